The van der Waals surface area contributed by atoms with E-state index in [1.807, 2.05) is 57.6 Å². The van der Waals surface area contributed by atoms with Gasteiger partial charge in [-0.2, -0.15) is 15.3 Å². The Morgan fingerprint density at radius 1 is 1.15 bits per heavy atom. The summed E-state index contributed by atoms with van der Waals surface area (Å²) in [6.45, 7) is 5.64. The van der Waals surface area contributed by atoms with Crippen molar-refractivity contribution in [1.82, 2.24) is 19.2 Å². The van der Waals surface area contributed by atoms with Crippen LogP contribution >= 0.6 is 0 Å². The molecule has 0 N–H and O–H groups in total. The van der Waals surface area contributed by atoms with E-state index in [2.05, 4.69) is 29.7 Å². The van der Waals surface area contributed by atoms with Crippen molar-refractivity contribution < 1.29 is 9.53 Å². The fourth-order valence-electron chi connectivity index (χ4n) is 5.65. The number of aromatic nitrogens is 4. The summed E-state index contributed by atoms with van der Waals surface area (Å²) in [5.41, 5.74) is 5.12. The third kappa shape index (κ3) is 5.51. The number of rotatable bonds is 10. The molecular weight excluding hydrogens is 502 g/mol. The second kappa shape index (κ2) is 12.2. The van der Waals surface area contributed by atoms with Gasteiger partial charge in [0.15, 0.2) is 5.78 Å². The van der Waals surface area contributed by atoms with Crippen LogP contribution in [0.15, 0.2) is 72.3 Å². The number of carbonyl (C=O) groups excluding carboxylic acids is 1. The Labute approximate surface area is 233 Å². The second-order valence-corrected chi connectivity index (χ2v) is 10.3. The van der Waals surface area contributed by atoms with Crippen molar-refractivity contribution in [2.45, 2.75) is 64.0 Å². The summed E-state index contributed by atoms with van der Waals surface area (Å²) in [6, 6.07) is 17.9. The van der Waals surface area contributed by atoms with E-state index in [4.69, 9.17) is 4.74 Å². The average molecular weight is 536 g/mol. The molecule has 0 amide bonds. The number of fused-ring (bicyclic) bond motifs is 1. The van der Waals surface area contributed by atoms with Crippen molar-refractivity contribution in [1.29, 1.82) is 5.26 Å². The van der Waals surface area contributed by atoms with Gasteiger partial charge in [0.1, 0.15) is 12.9 Å². The van der Waals surface area contributed by atoms with Crippen molar-refractivity contribution in [3.8, 4) is 17.2 Å². The first-order chi connectivity index (χ1) is 19.5. The van der Waals surface area contributed by atoms with Gasteiger partial charge in [-0.1, -0.05) is 62.4 Å². The number of ketones is 1. The number of nitriles is 1. The summed E-state index contributed by atoms with van der Waals surface area (Å²) in [7, 11) is 0. The van der Waals surface area contributed by atoms with Crippen LogP contribution in [-0.2, 0) is 22.4 Å². The number of carbonyl (C=O) groups is 1. The van der Waals surface area contributed by atoms with Crippen molar-refractivity contribution in [2.75, 3.05) is 6.61 Å². The third-order valence-electron chi connectivity index (χ3n) is 7.70. The van der Waals surface area contributed by atoms with Crippen molar-refractivity contribution >= 4 is 11.6 Å². The van der Waals surface area contributed by atoms with Gasteiger partial charge in [-0.25, -0.2) is 4.52 Å². The molecule has 204 valence electrons. The molecule has 2 heterocycles. The third-order valence-corrected chi connectivity index (χ3v) is 7.70. The molecule has 8 nitrogen and oxygen atoms in total. The van der Waals surface area contributed by atoms with Crippen LogP contribution < -0.4 is 5.56 Å². The molecule has 8 heteroatoms. The van der Waals surface area contributed by atoms with Crippen LogP contribution in [0.2, 0.25) is 0 Å². The van der Waals surface area contributed by atoms with Crippen LogP contribution in [0.4, 0.5) is 0 Å². The fourth-order valence-corrected chi connectivity index (χ4v) is 5.65. The largest absolute Gasteiger partial charge is 0.370 e. The van der Waals surface area contributed by atoms with E-state index in [9.17, 15) is 14.9 Å². The minimum Gasteiger partial charge on any atom is -0.370 e. The lowest BCUT2D eigenvalue weighted by atomic mass is 9.92. The Balaban J connectivity index is 1.45. The van der Waals surface area contributed by atoms with Crippen LogP contribution in [0.5, 0.6) is 0 Å². The zero-order valence-corrected chi connectivity index (χ0v) is 22.8. The number of hydrogen-bond donors (Lipinski definition) is 0. The first-order valence-corrected chi connectivity index (χ1v) is 13.8. The zero-order valence-electron chi connectivity index (χ0n) is 22.8. The Bertz CT molecular complexity index is 1620. The highest BCUT2D eigenvalue weighted by Crippen LogP contribution is 2.31. The summed E-state index contributed by atoms with van der Waals surface area (Å²) < 4.78 is 9.43. The molecule has 2 aromatic carbocycles. The SMILES string of the molecule is C=CC(=O)CO[C@H]1CC[C@H](n2c(=O)c(Cc3ccc(-c4ccccc4C#N)cc3)c(CCC)n3ncnc32)CC1. The molecule has 0 bridgehead atoms. The van der Waals surface area contributed by atoms with Crippen LogP contribution in [-0.4, -0.2) is 37.7 Å². The molecule has 0 spiro atoms. The Morgan fingerprint density at radius 3 is 2.60 bits per heavy atom. The van der Waals surface area contributed by atoms with Gasteiger partial charge in [0.25, 0.3) is 5.56 Å². The van der Waals surface area contributed by atoms with E-state index in [0.717, 1.165) is 66.5 Å². The molecule has 0 atom stereocenters. The normalized spacial score (nSPS) is 17.0. The Hall–Kier alpha value is -4.35. The highest BCUT2D eigenvalue weighted by atomic mass is 16.5. The number of hydrogen-bond acceptors (Lipinski definition) is 6. The molecule has 1 aliphatic rings. The van der Waals surface area contributed by atoms with Crippen LogP contribution in [0.25, 0.3) is 16.9 Å². The molecule has 40 heavy (non-hydrogen) atoms. The molecule has 1 fully saturated rings. The van der Waals surface area contributed by atoms with Gasteiger partial charge in [0.05, 0.1) is 23.4 Å². The highest BCUT2D eigenvalue weighted by molar-refractivity contribution is 5.90. The predicted octanol–water partition coefficient (Wildman–Crippen LogP) is 5.23. The van der Waals surface area contributed by atoms with Gasteiger partial charge in [0, 0.05) is 18.0 Å². The summed E-state index contributed by atoms with van der Waals surface area (Å²) in [4.78, 5) is 30.2. The van der Waals surface area contributed by atoms with Gasteiger partial charge in [-0.15, -0.1) is 0 Å². The minimum absolute atomic E-state index is 0.00624. The summed E-state index contributed by atoms with van der Waals surface area (Å²) in [5.74, 6) is 0.453. The molecule has 5 rings (SSSR count). The standard InChI is InChI=1S/C32H33N5O3/c1-3-7-30-29(18-22-10-12-23(13-11-22)28-9-6-5-8-24(28)19-33)31(39)36(32-34-21-35-37(30)32)25-14-16-27(17-15-25)40-20-26(38)4-2/h4-6,8-13,21,25,27H,2-3,7,14-18,20H2,1H3/t25-,27-. The lowest BCUT2D eigenvalue weighted by Gasteiger charge is -2.30. The molecule has 0 radical (unpaired) electrons. The molecular formula is C32H33N5O3. The van der Waals surface area contributed by atoms with Crippen LogP contribution in [0.3, 0.4) is 0 Å². The molecule has 0 aliphatic heterocycles. The molecule has 4 aromatic rings. The zero-order chi connectivity index (χ0) is 28.1. The van der Waals surface area contributed by atoms with E-state index in [0.29, 0.717) is 17.8 Å². The van der Waals surface area contributed by atoms with Crippen molar-refractivity contribution in [2.24, 2.45) is 0 Å². The minimum atomic E-state index is -0.123. The monoisotopic (exact) mass is 535 g/mol. The summed E-state index contributed by atoms with van der Waals surface area (Å²) in [5, 5.41) is 14.0. The number of nitrogens with zero attached hydrogens (tertiary/aromatic N) is 5. The summed E-state index contributed by atoms with van der Waals surface area (Å²) in [6.07, 6.45) is 7.91. The van der Waals surface area contributed by atoms with Crippen LogP contribution in [0, 0.1) is 11.3 Å². The lowest BCUT2D eigenvalue weighted by Crippen LogP contribution is -2.35. The molecule has 1 saturated carbocycles. The van der Waals surface area contributed by atoms with E-state index in [-0.39, 0.29) is 30.1 Å². The summed E-state index contributed by atoms with van der Waals surface area (Å²) >= 11 is 0. The van der Waals surface area contributed by atoms with E-state index in [1.165, 1.54) is 12.4 Å². The lowest BCUT2D eigenvalue weighted by molar-refractivity contribution is -0.121. The quantitative estimate of drug-likeness (QED) is 0.258. The van der Waals surface area contributed by atoms with Crippen LogP contribution in [0.1, 0.15) is 67.5 Å². The van der Waals surface area contributed by atoms with E-state index in [1.54, 1.807) is 0 Å². The maximum Gasteiger partial charge on any atom is 0.259 e. The van der Waals surface area contributed by atoms with Gasteiger partial charge in [0.2, 0.25) is 5.78 Å². The van der Waals surface area contributed by atoms with Gasteiger partial charge < -0.3 is 4.74 Å². The Kier molecular flexibility index (Phi) is 8.32. The molecule has 0 saturated heterocycles. The molecule has 0 unspecified atom stereocenters. The number of aryl methyl sites for hydroxylation is 1. The first-order valence-electron chi connectivity index (χ1n) is 13.8. The maximum atomic E-state index is 14.1. The van der Waals surface area contributed by atoms with Crippen molar-refractivity contribution in [3.05, 3.63) is 100 Å². The highest BCUT2D eigenvalue weighted by Gasteiger charge is 2.28. The van der Waals surface area contributed by atoms with E-state index >= 15 is 0 Å². The molecule has 2 aromatic heterocycles. The topological polar surface area (TPSA) is 102 Å². The van der Waals surface area contributed by atoms with Gasteiger partial charge >= 0.3 is 0 Å². The van der Waals surface area contributed by atoms with Gasteiger partial charge in [-0.3, -0.25) is 14.2 Å². The number of benzene rings is 2. The average Bonchev–Trinajstić information content (AvgIpc) is 3.48. The smallest absolute Gasteiger partial charge is 0.259 e. The number of ether oxygens (including phenoxy) is 1. The molecule has 1 aliphatic carbocycles. The predicted molar refractivity (Wildman–Crippen MR) is 153 cm³/mol. The second-order valence-electron chi connectivity index (χ2n) is 10.3. The fraction of sp³-hybridized carbons (Fsp3) is 0.344. The van der Waals surface area contributed by atoms with Gasteiger partial charge in [-0.05, 0) is 60.9 Å². The van der Waals surface area contributed by atoms with Crippen molar-refractivity contribution in [3.63, 3.8) is 0 Å². The van der Waals surface area contributed by atoms with E-state index < -0.39 is 0 Å². The Morgan fingerprint density at radius 2 is 1.90 bits per heavy atom. The first kappa shape index (κ1) is 27.2. The maximum absolute atomic E-state index is 14.1.